The second kappa shape index (κ2) is 14.1. The second-order valence-corrected chi connectivity index (χ2v) is 11.5. The number of rotatable bonds is 15. The minimum Gasteiger partial charge on any atom is -0.486 e. The number of carbonyl (C=O) groups is 1. The average Bonchev–Trinajstić information content (AvgIpc) is 3.39. The molecular weight excluding hydrogens is 534 g/mol. The van der Waals surface area contributed by atoms with E-state index in [-0.39, 0.29) is 12.2 Å². The molecule has 1 aromatic carbocycles. The summed E-state index contributed by atoms with van der Waals surface area (Å²) in [5.41, 5.74) is 3.96. The Labute approximate surface area is 248 Å². The molecule has 10 heteroatoms. The number of methoxy groups -OCH3 is 1. The number of nitrogens with one attached hydrogen (secondary N) is 1. The van der Waals surface area contributed by atoms with Crippen molar-refractivity contribution in [3.8, 4) is 5.75 Å². The summed E-state index contributed by atoms with van der Waals surface area (Å²) in [7, 11) is 3.63. The minimum absolute atomic E-state index is 0.0199. The number of hydrogen-bond acceptors (Lipinski definition) is 10. The minimum atomic E-state index is -0.582. The molecule has 5 rings (SSSR count). The molecule has 1 aliphatic carbocycles. The first kappa shape index (κ1) is 30.0. The quantitative estimate of drug-likeness (QED) is 0.252. The van der Waals surface area contributed by atoms with Crippen molar-refractivity contribution in [2.75, 3.05) is 50.6 Å². The topological polar surface area (TPSA) is 113 Å². The molecule has 0 bridgehead atoms. The number of nitrogens with zero attached hydrogens (tertiary/aromatic N) is 4. The van der Waals surface area contributed by atoms with Gasteiger partial charge in [0.05, 0.1) is 18.4 Å². The van der Waals surface area contributed by atoms with E-state index < -0.39 is 6.10 Å². The Bertz CT molecular complexity index is 1340. The van der Waals surface area contributed by atoms with E-state index in [4.69, 9.17) is 18.9 Å². The number of carbonyl (C=O) groups excluding carboxylic acids is 1. The molecule has 1 aliphatic heterocycles. The van der Waals surface area contributed by atoms with Crippen molar-refractivity contribution in [1.29, 1.82) is 0 Å². The third-order valence-corrected chi connectivity index (χ3v) is 8.27. The maximum absolute atomic E-state index is 13.2. The zero-order chi connectivity index (χ0) is 29.5. The number of aliphatic hydroxyl groups excluding tert-OH is 1. The normalized spacial score (nSPS) is 16.0. The van der Waals surface area contributed by atoms with E-state index in [1.54, 1.807) is 7.11 Å². The summed E-state index contributed by atoms with van der Waals surface area (Å²) in [4.78, 5) is 26.4. The number of Topliss-reactive ketones (excluding diaryl/α,β-unsaturated/α-hetero) is 1. The maximum Gasteiger partial charge on any atom is 0.181 e. The Morgan fingerprint density at radius 2 is 2.12 bits per heavy atom. The van der Waals surface area contributed by atoms with Crippen molar-refractivity contribution in [1.82, 2.24) is 14.9 Å². The van der Waals surface area contributed by atoms with Crippen LogP contribution < -0.4 is 15.0 Å². The first-order valence-corrected chi connectivity index (χ1v) is 14.9. The van der Waals surface area contributed by atoms with Crippen molar-refractivity contribution in [3.05, 3.63) is 64.9 Å². The third kappa shape index (κ3) is 7.87. The number of oxazole rings is 1. The number of ether oxygens (including phenoxy) is 2. The van der Waals surface area contributed by atoms with Gasteiger partial charge in [-0.1, -0.05) is 6.07 Å². The molecule has 0 unspecified atom stereocenters. The number of hydrogen-bond donors (Lipinski definition) is 2. The maximum atomic E-state index is 13.2. The van der Waals surface area contributed by atoms with E-state index in [9.17, 15) is 9.90 Å². The van der Waals surface area contributed by atoms with Crippen molar-refractivity contribution in [2.24, 2.45) is 0 Å². The highest BCUT2D eigenvalue weighted by Crippen LogP contribution is 2.27. The van der Waals surface area contributed by atoms with Gasteiger partial charge in [-0.15, -0.1) is 0 Å². The lowest BCUT2D eigenvalue weighted by atomic mass is 9.93. The van der Waals surface area contributed by atoms with Crippen LogP contribution in [0.4, 0.5) is 11.6 Å². The molecule has 42 heavy (non-hydrogen) atoms. The standard InChI is InChI=1S/C32H43N5O5/c1-22-30(42-21-33-22)20-41-28-9-7-24-18-37(12-11-23(24)15-28)19-27(38)8-10-29(39)25-16-31(34-26-5-4-6-26)35-32(17-25)36(2)13-14-40-3/h7,9,15-17,21,26-27,38H,4-6,8,10-14,18-20H2,1-3H3,(H,34,35)/t27-/m0/s1. The van der Waals surface area contributed by atoms with Gasteiger partial charge < -0.3 is 29.2 Å². The van der Waals surface area contributed by atoms with Gasteiger partial charge in [-0.05, 0) is 74.4 Å². The van der Waals surface area contributed by atoms with Crippen LogP contribution in [0.3, 0.4) is 0 Å². The van der Waals surface area contributed by atoms with Crippen LogP contribution >= 0.6 is 0 Å². The fraction of sp³-hybridized carbons (Fsp3) is 0.531. The number of aromatic nitrogens is 2. The van der Waals surface area contributed by atoms with Gasteiger partial charge in [-0.2, -0.15) is 0 Å². The lowest BCUT2D eigenvalue weighted by Gasteiger charge is -2.30. The molecule has 3 heterocycles. The van der Waals surface area contributed by atoms with Crippen molar-refractivity contribution in [2.45, 2.75) is 70.7 Å². The predicted molar refractivity (Wildman–Crippen MR) is 161 cm³/mol. The number of aryl methyl sites for hydroxylation is 1. The largest absolute Gasteiger partial charge is 0.486 e. The highest BCUT2D eigenvalue weighted by atomic mass is 16.5. The van der Waals surface area contributed by atoms with E-state index in [1.165, 1.54) is 23.9 Å². The molecular formula is C32H43N5O5. The van der Waals surface area contributed by atoms with Crippen molar-refractivity contribution < 1.29 is 23.8 Å². The predicted octanol–water partition coefficient (Wildman–Crippen LogP) is 4.39. The van der Waals surface area contributed by atoms with Crippen LogP contribution in [0.1, 0.15) is 65.0 Å². The number of fused-ring (bicyclic) bond motifs is 1. The van der Waals surface area contributed by atoms with Crippen molar-refractivity contribution in [3.63, 3.8) is 0 Å². The van der Waals surface area contributed by atoms with Gasteiger partial charge in [0.15, 0.2) is 17.9 Å². The SMILES string of the molecule is COCCN(C)c1cc(C(=O)CC[C@H](O)CN2CCc3cc(OCc4ocnc4C)ccc3C2)cc(NC2CCC2)n1. The van der Waals surface area contributed by atoms with E-state index in [0.29, 0.717) is 44.3 Å². The zero-order valence-electron chi connectivity index (χ0n) is 25.0. The van der Waals surface area contributed by atoms with Gasteiger partial charge in [0, 0.05) is 58.4 Å². The number of benzene rings is 1. The van der Waals surface area contributed by atoms with Gasteiger partial charge in [0.25, 0.3) is 0 Å². The molecule has 0 radical (unpaired) electrons. The van der Waals surface area contributed by atoms with E-state index in [1.807, 2.05) is 37.1 Å². The fourth-order valence-corrected chi connectivity index (χ4v) is 5.33. The van der Waals surface area contributed by atoms with Crippen LogP contribution in [0.25, 0.3) is 0 Å². The first-order valence-electron chi connectivity index (χ1n) is 14.9. The smallest absolute Gasteiger partial charge is 0.181 e. The molecule has 2 N–H and O–H groups in total. The van der Waals surface area contributed by atoms with Gasteiger partial charge in [-0.3, -0.25) is 9.69 Å². The highest BCUT2D eigenvalue weighted by Gasteiger charge is 2.22. The van der Waals surface area contributed by atoms with Gasteiger partial charge >= 0.3 is 0 Å². The van der Waals surface area contributed by atoms with Gasteiger partial charge in [-0.25, -0.2) is 9.97 Å². The molecule has 1 atom stereocenters. The Balaban J connectivity index is 1.12. The molecule has 10 nitrogen and oxygen atoms in total. The van der Waals surface area contributed by atoms with Crippen molar-refractivity contribution >= 4 is 17.4 Å². The Kier molecular flexibility index (Phi) is 10.1. The monoisotopic (exact) mass is 577 g/mol. The molecule has 0 saturated heterocycles. The summed E-state index contributed by atoms with van der Waals surface area (Å²) in [6, 6.07) is 10.3. The summed E-state index contributed by atoms with van der Waals surface area (Å²) in [5.74, 6) is 3.04. The molecule has 3 aromatic rings. The number of anilines is 2. The molecule has 226 valence electrons. The van der Waals surface area contributed by atoms with E-state index >= 15 is 0 Å². The second-order valence-electron chi connectivity index (χ2n) is 11.5. The lowest BCUT2D eigenvalue weighted by Crippen LogP contribution is -2.36. The van der Waals surface area contributed by atoms with Gasteiger partial charge in [0.2, 0.25) is 0 Å². The summed E-state index contributed by atoms with van der Waals surface area (Å²) in [6.07, 6.45) is 5.90. The summed E-state index contributed by atoms with van der Waals surface area (Å²) < 4.78 is 16.5. The summed E-state index contributed by atoms with van der Waals surface area (Å²) in [5, 5.41) is 14.3. The van der Waals surface area contributed by atoms with Crippen LogP contribution in [0.15, 0.2) is 41.1 Å². The van der Waals surface area contributed by atoms with Crippen LogP contribution in [-0.2, 0) is 24.3 Å². The van der Waals surface area contributed by atoms with Crippen LogP contribution in [0.2, 0.25) is 0 Å². The molecule has 2 aromatic heterocycles. The number of likely N-dealkylation sites (N-methyl/N-ethyl adjacent to an activating group) is 1. The Morgan fingerprint density at radius 3 is 2.86 bits per heavy atom. The molecule has 1 saturated carbocycles. The molecule has 0 spiro atoms. The summed E-state index contributed by atoms with van der Waals surface area (Å²) >= 11 is 0. The average molecular weight is 578 g/mol. The summed E-state index contributed by atoms with van der Waals surface area (Å²) in [6.45, 7) is 5.65. The lowest BCUT2D eigenvalue weighted by molar-refractivity contribution is 0.0836. The first-order chi connectivity index (χ1) is 20.4. The van der Waals surface area contributed by atoms with Crippen LogP contribution in [0.5, 0.6) is 5.75 Å². The van der Waals surface area contributed by atoms with Crippen LogP contribution in [-0.4, -0.2) is 78.3 Å². The highest BCUT2D eigenvalue weighted by molar-refractivity contribution is 5.97. The fourth-order valence-electron chi connectivity index (χ4n) is 5.33. The molecule has 2 aliphatic rings. The third-order valence-electron chi connectivity index (χ3n) is 8.27. The number of ketones is 1. The number of β-amino-alcohol motifs (C(OH)–C–C–N with tert-alkyl or cyclic N) is 1. The number of pyridine rings is 1. The molecule has 0 amide bonds. The Hall–Kier alpha value is -3.47. The van der Waals surface area contributed by atoms with E-state index in [2.05, 4.69) is 27.3 Å². The van der Waals surface area contributed by atoms with Gasteiger partial charge in [0.1, 0.15) is 24.0 Å². The number of aliphatic hydroxyl groups is 1. The Morgan fingerprint density at radius 1 is 1.26 bits per heavy atom. The van der Waals surface area contributed by atoms with E-state index in [0.717, 1.165) is 61.2 Å². The van der Waals surface area contributed by atoms with Crippen LogP contribution in [0, 0.1) is 6.92 Å². The molecule has 1 fully saturated rings. The zero-order valence-corrected chi connectivity index (χ0v) is 25.0.